The molecule has 0 unspecified atom stereocenters. The smallest absolute Gasteiger partial charge is 0.303 e. The normalized spacial score (nSPS) is 10.9. The lowest BCUT2D eigenvalue weighted by Crippen LogP contribution is -2.22. The molecule has 0 aliphatic rings. The molecule has 4 nitrogen and oxygen atoms in total. The van der Waals surface area contributed by atoms with Gasteiger partial charge in [0.1, 0.15) is 12.4 Å². The number of benzene rings is 4. The zero-order valence-corrected chi connectivity index (χ0v) is 19.8. The first-order chi connectivity index (χ1) is 17.1. The standard InChI is InChI=1S/C31H31NO3/c33-31(34)20-17-25-15-18-30(19-16-25)35-24-29-13-11-28(12-14-29)23-32(21-26-7-3-1-4-8-26)22-27-9-5-2-6-10-27/h1-16,18-19H,17,20-24H2,(H,33,34). The molecule has 0 saturated carbocycles. The van der Waals surface area contributed by atoms with Gasteiger partial charge in [0.05, 0.1) is 0 Å². The molecular weight excluding hydrogens is 434 g/mol. The van der Waals surface area contributed by atoms with Crippen molar-refractivity contribution in [1.29, 1.82) is 0 Å². The van der Waals surface area contributed by atoms with Gasteiger partial charge < -0.3 is 9.84 Å². The Morgan fingerprint density at radius 2 is 1.06 bits per heavy atom. The van der Waals surface area contributed by atoms with Gasteiger partial charge in [-0.3, -0.25) is 9.69 Å². The Balaban J connectivity index is 1.34. The van der Waals surface area contributed by atoms with Crippen molar-refractivity contribution >= 4 is 5.97 Å². The maximum absolute atomic E-state index is 10.7. The van der Waals surface area contributed by atoms with Crippen LogP contribution in [0, 0.1) is 0 Å². The van der Waals surface area contributed by atoms with Crippen molar-refractivity contribution in [2.45, 2.75) is 39.1 Å². The highest BCUT2D eigenvalue weighted by Gasteiger charge is 2.09. The number of aryl methyl sites for hydroxylation is 1. The molecule has 0 heterocycles. The van der Waals surface area contributed by atoms with Gasteiger partial charge in [0.2, 0.25) is 0 Å². The van der Waals surface area contributed by atoms with Gasteiger partial charge in [0, 0.05) is 26.1 Å². The molecule has 0 saturated heterocycles. The first-order valence-electron chi connectivity index (χ1n) is 12.0. The van der Waals surface area contributed by atoms with Gasteiger partial charge in [-0.2, -0.15) is 0 Å². The van der Waals surface area contributed by atoms with E-state index in [1.54, 1.807) is 0 Å². The van der Waals surface area contributed by atoms with Crippen LogP contribution in [0.2, 0.25) is 0 Å². The van der Waals surface area contributed by atoms with Gasteiger partial charge in [-0.05, 0) is 46.4 Å². The highest BCUT2D eigenvalue weighted by molar-refractivity contribution is 5.67. The van der Waals surface area contributed by atoms with Crippen LogP contribution < -0.4 is 4.74 Å². The third kappa shape index (κ3) is 8.13. The van der Waals surface area contributed by atoms with Gasteiger partial charge in [-0.1, -0.05) is 97.1 Å². The van der Waals surface area contributed by atoms with Crippen LogP contribution in [-0.4, -0.2) is 16.0 Å². The molecule has 0 amide bonds. The Labute approximate surface area is 207 Å². The molecule has 0 spiro atoms. The summed E-state index contributed by atoms with van der Waals surface area (Å²) in [5, 5.41) is 8.81. The fourth-order valence-electron chi connectivity index (χ4n) is 4.02. The fourth-order valence-corrected chi connectivity index (χ4v) is 4.02. The molecule has 0 atom stereocenters. The number of carboxylic acid groups (broad SMARTS) is 1. The number of hydrogen-bond donors (Lipinski definition) is 1. The second kappa shape index (κ2) is 12.5. The zero-order chi connectivity index (χ0) is 24.3. The molecule has 0 aromatic heterocycles. The lowest BCUT2D eigenvalue weighted by molar-refractivity contribution is -0.136. The molecule has 0 fully saturated rings. The summed E-state index contributed by atoms with van der Waals surface area (Å²) < 4.78 is 5.92. The summed E-state index contributed by atoms with van der Waals surface area (Å²) in [6, 6.07) is 37.4. The largest absolute Gasteiger partial charge is 0.489 e. The predicted octanol–water partition coefficient (Wildman–Crippen LogP) is 6.49. The van der Waals surface area contributed by atoms with Gasteiger partial charge in [-0.15, -0.1) is 0 Å². The topological polar surface area (TPSA) is 49.8 Å². The highest BCUT2D eigenvalue weighted by Crippen LogP contribution is 2.18. The van der Waals surface area contributed by atoms with Crippen LogP contribution in [0.15, 0.2) is 109 Å². The van der Waals surface area contributed by atoms with Crippen LogP contribution in [-0.2, 0) is 37.5 Å². The Bertz CT molecular complexity index is 1130. The van der Waals surface area contributed by atoms with Crippen molar-refractivity contribution in [3.05, 3.63) is 137 Å². The van der Waals surface area contributed by atoms with Crippen molar-refractivity contribution in [2.75, 3.05) is 0 Å². The maximum atomic E-state index is 10.7. The number of nitrogens with zero attached hydrogens (tertiary/aromatic N) is 1. The Morgan fingerprint density at radius 3 is 1.57 bits per heavy atom. The Morgan fingerprint density at radius 1 is 0.600 bits per heavy atom. The van der Waals surface area contributed by atoms with E-state index in [0.717, 1.165) is 36.5 Å². The van der Waals surface area contributed by atoms with E-state index in [0.29, 0.717) is 13.0 Å². The van der Waals surface area contributed by atoms with Crippen LogP contribution in [0.25, 0.3) is 0 Å². The van der Waals surface area contributed by atoms with E-state index in [9.17, 15) is 4.79 Å². The minimum atomic E-state index is -0.781. The molecule has 4 heteroatoms. The molecular formula is C31H31NO3. The summed E-state index contributed by atoms with van der Waals surface area (Å²) in [7, 11) is 0. The van der Waals surface area contributed by atoms with Gasteiger partial charge in [0.15, 0.2) is 0 Å². The molecule has 0 aliphatic carbocycles. The van der Waals surface area contributed by atoms with E-state index in [4.69, 9.17) is 9.84 Å². The summed E-state index contributed by atoms with van der Waals surface area (Å²) in [6.45, 7) is 3.14. The minimum absolute atomic E-state index is 0.140. The molecule has 4 aromatic carbocycles. The quantitative estimate of drug-likeness (QED) is 0.260. The van der Waals surface area contributed by atoms with Crippen molar-refractivity contribution in [3.8, 4) is 5.75 Å². The van der Waals surface area contributed by atoms with Crippen molar-refractivity contribution in [2.24, 2.45) is 0 Å². The number of carboxylic acids is 1. The highest BCUT2D eigenvalue weighted by atomic mass is 16.5. The van der Waals surface area contributed by atoms with E-state index >= 15 is 0 Å². The van der Waals surface area contributed by atoms with Crippen molar-refractivity contribution in [1.82, 2.24) is 4.90 Å². The van der Waals surface area contributed by atoms with Gasteiger partial charge in [-0.25, -0.2) is 0 Å². The van der Waals surface area contributed by atoms with Crippen LogP contribution in [0.5, 0.6) is 5.75 Å². The second-order valence-corrected chi connectivity index (χ2v) is 8.76. The monoisotopic (exact) mass is 465 g/mol. The summed E-state index contributed by atoms with van der Waals surface area (Å²) in [6.07, 6.45) is 0.670. The molecule has 0 radical (unpaired) electrons. The molecule has 178 valence electrons. The van der Waals surface area contributed by atoms with E-state index < -0.39 is 5.97 Å². The fraction of sp³-hybridized carbons (Fsp3) is 0.194. The number of aliphatic carboxylic acids is 1. The lowest BCUT2D eigenvalue weighted by atomic mass is 10.1. The van der Waals surface area contributed by atoms with E-state index in [-0.39, 0.29) is 6.42 Å². The lowest BCUT2D eigenvalue weighted by Gasteiger charge is -2.23. The first kappa shape index (κ1) is 24.2. The number of hydrogen-bond acceptors (Lipinski definition) is 3. The second-order valence-electron chi connectivity index (χ2n) is 8.76. The summed E-state index contributed by atoms with van der Waals surface area (Å²) >= 11 is 0. The SMILES string of the molecule is O=C(O)CCc1ccc(OCc2ccc(CN(Cc3ccccc3)Cc3ccccc3)cc2)cc1. The van der Waals surface area contributed by atoms with Crippen molar-refractivity contribution in [3.63, 3.8) is 0 Å². The van der Waals surface area contributed by atoms with Crippen LogP contribution in [0.1, 0.15) is 34.2 Å². The average Bonchev–Trinajstić information content (AvgIpc) is 2.89. The molecule has 1 N–H and O–H groups in total. The van der Waals surface area contributed by atoms with Crippen molar-refractivity contribution < 1.29 is 14.6 Å². The Kier molecular flexibility index (Phi) is 8.68. The Hall–Kier alpha value is -3.89. The molecule has 4 rings (SSSR count). The maximum Gasteiger partial charge on any atom is 0.303 e. The van der Waals surface area contributed by atoms with E-state index in [1.807, 2.05) is 24.3 Å². The molecule has 0 aliphatic heterocycles. The number of carbonyl (C=O) groups is 1. The average molecular weight is 466 g/mol. The summed E-state index contributed by atoms with van der Waals surface area (Å²) in [5.74, 6) is 0.00192. The summed E-state index contributed by atoms with van der Waals surface area (Å²) in [5.41, 5.74) is 5.99. The van der Waals surface area contributed by atoms with Crippen LogP contribution in [0.4, 0.5) is 0 Å². The van der Waals surface area contributed by atoms with Gasteiger partial charge >= 0.3 is 5.97 Å². The third-order valence-electron chi connectivity index (χ3n) is 5.88. The van der Waals surface area contributed by atoms with E-state index in [1.165, 1.54) is 16.7 Å². The predicted molar refractivity (Wildman–Crippen MR) is 139 cm³/mol. The van der Waals surface area contributed by atoms with Crippen LogP contribution in [0.3, 0.4) is 0 Å². The first-order valence-corrected chi connectivity index (χ1v) is 12.0. The summed E-state index contributed by atoms with van der Waals surface area (Å²) in [4.78, 5) is 13.2. The molecule has 4 aromatic rings. The number of rotatable bonds is 12. The zero-order valence-electron chi connectivity index (χ0n) is 19.8. The van der Waals surface area contributed by atoms with E-state index in [2.05, 4.69) is 89.8 Å². The molecule has 35 heavy (non-hydrogen) atoms. The number of ether oxygens (including phenoxy) is 1. The third-order valence-corrected chi connectivity index (χ3v) is 5.88. The van der Waals surface area contributed by atoms with Crippen LogP contribution >= 0.6 is 0 Å². The van der Waals surface area contributed by atoms with Gasteiger partial charge in [0.25, 0.3) is 0 Å². The minimum Gasteiger partial charge on any atom is -0.489 e. The molecule has 0 bridgehead atoms.